The molecule has 122 valence electrons. The van der Waals surface area contributed by atoms with E-state index in [1.165, 1.54) is 0 Å². The number of rotatable bonds is 6. The van der Waals surface area contributed by atoms with Gasteiger partial charge in [0.25, 0.3) is 5.91 Å². The van der Waals surface area contributed by atoms with Crippen LogP contribution in [0.25, 0.3) is 0 Å². The highest BCUT2D eigenvalue weighted by Crippen LogP contribution is 2.21. The average Bonchev–Trinajstić information content (AvgIpc) is 2.51. The molecule has 23 heavy (non-hydrogen) atoms. The summed E-state index contributed by atoms with van der Waals surface area (Å²) in [4.78, 5) is 14.4. The second-order valence-corrected chi connectivity index (χ2v) is 6.63. The van der Waals surface area contributed by atoms with Gasteiger partial charge in [0.15, 0.2) is 0 Å². The van der Waals surface area contributed by atoms with Crippen molar-refractivity contribution >= 4 is 27.5 Å². The number of anilines is 1. The first-order valence-electron chi connectivity index (χ1n) is 7.49. The van der Waals surface area contributed by atoms with E-state index in [1.54, 1.807) is 18.2 Å². The van der Waals surface area contributed by atoms with Gasteiger partial charge in [0.05, 0.1) is 0 Å². The van der Waals surface area contributed by atoms with Crippen LogP contribution in [-0.4, -0.2) is 36.6 Å². The average molecular weight is 377 g/mol. The molecule has 2 aromatic carbocycles. The maximum absolute atomic E-state index is 12.3. The largest absolute Gasteiger partial charge is 0.508 e. The van der Waals surface area contributed by atoms with Gasteiger partial charge in [-0.05, 0) is 81.5 Å². The highest BCUT2D eigenvalue weighted by Gasteiger charge is 2.10. The summed E-state index contributed by atoms with van der Waals surface area (Å²) >= 11 is 3.36. The van der Waals surface area contributed by atoms with Gasteiger partial charge < -0.3 is 15.3 Å². The Kier molecular flexibility index (Phi) is 6.19. The first-order valence-corrected chi connectivity index (χ1v) is 8.28. The van der Waals surface area contributed by atoms with Crippen LogP contribution < -0.4 is 5.32 Å². The second-order valence-electron chi connectivity index (χ2n) is 5.71. The van der Waals surface area contributed by atoms with E-state index in [2.05, 4.69) is 26.1 Å². The minimum atomic E-state index is -0.179. The number of amides is 1. The lowest BCUT2D eigenvalue weighted by atomic mass is 10.0. The molecule has 2 N–H and O–H groups in total. The standard InChI is InChI=1S/C18H21BrN2O2/c1-21(2)11-3-4-13-12-14(5-10-17(13)22)18(23)20-16-8-6-15(19)7-9-16/h5-10,12,22H,3-4,11H2,1-2H3,(H,20,23). The van der Waals surface area contributed by atoms with Gasteiger partial charge in [0.2, 0.25) is 0 Å². The Bertz CT molecular complexity index is 669. The van der Waals surface area contributed by atoms with E-state index >= 15 is 0 Å². The van der Waals surface area contributed by atoms with E-state index in [9.17, 15) is 9.90 Å². The zero-order chi connectivity index (χ0) is 16.8. The SMILES string of the molecule is CN(C)CCCc1cc(C(=O)Nc2ccc(Br)cc2)ccc1O. The summed E-state index contributed by atoms with van der Waals surface area (Å²) in [6.07, 6.45) is 1.67. The first-order chi connectivity index (χ1) is 11.0. The van der Waals surface area contributed by atoms with Crippen LogP contribution >= 0.6 is 15.9 Å². The number of benzene rings is 2. The van der Waals surface area contributed by atoms with Gasteiger partial charge in [0.1, 0.15) is 5.75 Å². The molecular weight excluding hydrogens is 356 g/mol. The van der Waals surface area contributed by atoms with E-state index in [4.69, 9.17) is 0 Å². The van der Waals surface area contributed by atoms with Crippen molar-refractivity contribution in [2.75, 3.05) is 26.0 Å². The molecule has 0 fully saturated rings. The van der Waals surface area contributed by atoms with Crippen molar-refractivity contribution in [3.63, 3.8) is 0 Å². The van der Waals surface area contributed by atoms with Gasteiger partial charge >= 0.3 is 0 Å². The van der Waals surface area contributed by atoms with Crippen LogP contribution in [0.15, 0.2) is 46.9 Å². The molecule has 0 spiro atoms. The summed E-state index contributed by atoms with van der Waals surface area (Å²) in [6, 6.07) is 12.4. The molecule has 0 radical (unpaired) electrons. The van der Waals surface area contributed by atoms with Gasteiger partial charge in [0, 0.05) is 15.7 Å². The molecule has 0 aliphatic carbocycles. The van der Waals surface area contributed by atoms with E-state index in [-0.39, 0.29) is 11.7 Å². The van der Waals surface area contributed by atoms with Crippen LogP contribution in [0, 0.1) is 0 Å². The molecule has 0 saturated carbocycles. The fourth-order valence-electron chi connectivity index (χ4n) is 2.25. The molecule has 4 nitrogen and oxygen atoms in total. The smallest absolute Gasteiger partial charge is 0.255 e. The van der Waals surface area contributed by atoms with E-state index in [0.29, 0.717) is 5.56 Å². The zero-order valence-corrected chi connectivity index (χ0v) is 14.9. The Morgan fingerprint density at radius 3 is 2.52 bits per heavy atom. The monoisotopic (exact) mass is 376 g/mol. The van der Waals surface area contributed by atoms with Crippen LogP contribution in [0.3, 0.4) is 0 Å². The van der Waals surface area contributed by atoms with Gasteiger partial charge in [-0.2, -0.15) is 0 Å². The summed E-state index contributed by atoms with van der Waals surface area (Å²) in [6.45, 7) is 0.939. The van der Waals surface area contributed by atoms with Crippen molar-refractivity contribution < 1.29 is 9.90 Å². The number of hydrogen-bond donors (Lipinski definition) is 2. The number of phenolic OH excluding ortho intramolecular Hbond substituents is 1. The predicted octanol–water partition coefficient (Wildman–Crippen LogP) is 3.90. The lowest BCUT2D eigenvalue weighted by Gasteiger charge is -2.11. The van der Waals surface area contributed by atoms with Crippen LogP contribution in [0.5, 0.6) is 5.75 Å². The van der Waals surface area contributed by atoms with Crippen molar-refractivity contribution in [3.05, 3.63) is 58.1 Å². The summed E-state index contributed by atoms with van der Waals surface area (Å²) in [5.74, 6) is 0.0603. The Morgan fingerprint density at radius 1 is 1.17 bits per heavy atom. The lowest BCUT2D eigenvalue weighted by Crippen LogP contribution is -2.14. The fraction of sp³-hybridized carbons (Fsp3) is 0.278. The number of carbonyl (C=O) groups is 1. The Labute approximate surface area is 145 Å². The maximum Gasteiger partial charge on any atom is 0.255 e. The van der Waals surface area contributed by atoms with Gasteiger partial charge in [-0.1, -0.05) is 15.9 Å². The molecule has 0 aromatic heterocycles. The Morgan fingerprint density at radius 2 is 1.87 bits per heavy atom. The van der Waals surface area contributed by atoms with Gasteiger partial charge in [-0.3, -0.25) is 4.79 Å². The third-order valence-electron chi connectivity index (χ3n) is 3.50. The molecule has 2 aromatic rings. The number of aromatic hydroxyl groups is 1. The van der Waals surface area contributed by atoms with Gasteiger partial charge in [-0.25, -0.2) is 0 Å². The van der Waals surface area contributed by atoms with E-state index in [0.717, 1.165) is 35.1 Å². The first kappa shape index (κ1) is 17.5. The minimum Gasteiger partial charge on any atom is -0.508 e. The number of aryl methyl sites for hydroxylation is 1. The zero-order valence-electron chi connectivity index (χ0n) is 13.3. The lowest BCUT2D eigenvalue weighted by molar-refractivity contribution is 0.102. The summed E-state index contributed by atoms with van der Waals surface area (Å²) in [5, 5.41) is 12.8. The van der Waals surface area contributed by atoms with E-state index < -0.39 is 0 Å². The fourth-order valence-corrected chi connectivity index (χ4v) is 2.51. The predicted molar refractivity (Wildman–Crippen MR) is 97.1 cm³/mol. The van der Waals surface area contributed by atoms with Crippen LogP contribution in [0.4, 0.5) is 5.69 Å². The van der Waals surface area contributed by atoms with Crippen LogP contribution in [-0.2, 0) is 6.42 Å². The number of halogens is 1. The molecule has 0 unspecified atom stereocenters. The van der Waals surface area contributed by atoms with Crippen molar-refractivity contribution in [3.8, 4) is 5.75 Å². The molecule has 2 rings (SSSR count). The number of nitrogens with one attached hydrogen (secondary N) is 1. The summed E-state index contributed by atoms with van der Waals surface area (Å²) < 4.78 is 0.961. The van der Waals surface area contributed by atoms with Crippen molar-refractivity contribution in [1.82, 2.24) is 4.90 Å². The van der Waals surface area contributed by atoms with Gasteiger partial charge in [-0.15, -0.1) is 0 Å². The normalized spacial score (nSPS) is 10.8. The van der Waals surface area contributed by atoms with E-state index in [1.807, 2.05) is 38.4 Å². The summed E-state index contributed by atoms with van der Waals surface area (Å²) in [5.41, 5.74) is 2.08. The molecular formula is C18H21BrN2O2. The topological polar surface area (TPSA) is 52.6 Å². The number of carbonyl (C=O) groups excluding carboxylic acids is 1. The van der Waals surface area contributed by atoms with Crippen molar-refractivity contribution in [2.24, 2.45) is 0 Å². The second kappa shape index (κ2) is 8.13. The number of phenols is 1. The Balaban J connectivity index is 2.06. The highest BCUT2D eigenvalue weighted by atomic mass is 79.9. The third-order valence-corrected chi connectivity index (χ3v) is 4.02. The van der Waals surface area contributed by atoms with Crippen LogP contribution in [0.2, 0.25) is 0 Å². The molecule has 1 amide bonds. The van der Waals surface area contributed by atoms with Crippen molar-refractivity contribution in [2.45, 2.75) is 12.8 Å². The third kappa shape index (κ3) is 5.37. The van der Waals surface area contributed by atoms with Crippen molar-refractivity contribution in [1.29, 1.82) is 0 Å². The molecule has 0 atom stereocenters. The van der Waals surface area contributed by atoms with Crippen LogP contribution in [0.1, 0.15) is 22.3 Å². The molecule has 0 aliphatic rings. The molecule has 0 bridgehead atoms. The maximum atomic E-state index is 12.3. The molecule has 0 heterocycles. The number of nitrogens with zero attached hydrogens (tertiary/aromatic N) is 1. The number of hydrogen-bond acceptors (Lipinski definition) is 3. The Hall–Kier alpha value is -1.85. The summed E-state index contributed by atoms with van der Waals surface area (Å²) in [7, 11) is 4.03. The molecule has 0 aliphatic heterocycles. The molecule has 5 heteroatoms. The minimum absolute atomic E-state index is 0.179. The highest BCUT2D eigenvalue weighted by molar-refractivity contribution is 9.10. The molecule has 0 saturated heterocycles. The quantitative estimate of drug-likeness (QED) is 0.803.